The Morgan fingerprint density at radius 3 is 2.77 bits per heavy atom. The van der Waals surface area contributed by atoms with Gasteiger partial charge in [-0.15, -0.1) is 11.3 Å². The molecule has 0 amide bonds. The molecule has 1 aliphatic rings. The summed E-state index contributed by atoms with van der Waals surface area (Å²) < 4.78 is 7.71. The van der Waals surface area contributed by atoms with Gasteiger partial charge in [0.05, 0.1) is 17.2 Å². The highest BCUT2D eigenvalue weighted by Crippen LogP contribution is 2.37. The number of hydrogen-bond donors (Lipinski definition) is 3. The monoisotopic (exact) mass is 374 g/mol. The number of nitrogens with zero attached hydrogens (tertiary/aromatic N) is 2. The van der Waals surface area contributed by atoms with E-state index in [4.69, 9.17) is 4.74 Å². The smallest absolute Gasteiger partial charge is 0.350 e. The summed E-state index contributed by atoms with van der Waals surface area (Å²) in [4.78, 5) is 17.5. The highest BCUT2D eigenvalue weighted by molar-refractivity contribution is 7.22. The predicted octanol–water partition coefficient (Wildman–Crippen LogP) is 1.13. The molecular weight excluding hydrogens is 356 g/mol. The highest BCUT2D eigenvalue weighted by atomic mass is 32.1. The fourth-order valence-electron chi connectivity index (χ4n) is 3.23. The molecule has 2 aromatic heterocycles. The van der Waals surface area contributed by atoms with Crippen LogP contribution in [0.1, 0.15) is 13.2 Å². The lowest BCUT2D eigenvalue weighted by atomic mass is 9.96. The van der Waals surface area contributed by atoms with Crippen LogP contribution in [-0.2, 0) is 4.74 Å². The Morgan fingerprint density at radius 2 is 2.12 bits per heavy atom. The number of hydrogen-bond acceptors (Lipinski definition) is 7. The first-order chi connectivity index (χ1) is 12.4. The minimum Gasteiger partial charge on any atom is -0.394 e. The Labute approximate surface area is 152 Å². The Balaban J connectivity index is 1.71. The van der Waals surface area contributed by atoms with Gasteiger partial charge in [0.2, 0.25) is 0 Å². The minimum atomic E-state index is -1.72. The molecule has 0 saturated carbocycles. The molecule has 0 spiro atoms. The second-order valence-corrected chi connectivity index (χ2v) is 7.62. The third-order valence-electron chi connectivity index (χ3n) is 4.70. The number of thiophene rings is 1. The molecule has 0 bridgehead atoms. The fourth-order valence-corrected chi connectivity index (χ4v) is 4.26. The normalized spacial score (nSPS) is 28.7. The summed E-state index contributed by atoms with van der Waals surface area (Å²) in [7, 11) is 0. The number of rotatable bonds is 3. The second kappa shape index (κ2) is 6.26. The second-order valence-electron chi connectivity index (χ2n) is 6.53. The first-order valence-corrected chi connectivity index (χ1v) is 8.98. The van der Waals surface area contributed by atoms with Crippen LogP contribution in [0.5, 0.6) is 0 Å². The summed E-state index contributed by atoms with van der Waals surface area (Å²) >= 11 is 1.54. The average Bonchev–Trinajstić information content (AvgIpc) is 3.15. The van der Waals surface area contributed by atoms with Gasteiger partial charge in [0.25, 0.3) is 0 Å². The summed E-state index contributed by atoms with van der Waals surface area (Å²) in [6, 6.07) is 11.6. The van der Waals surface area contributed by atoms with E-state index in [2.05, 4.69) is 4.98 Å². The van der Waals surface area contributed by atoms with E-state index >= 15 is 0 Å². The zero-order chi connectivity index (χ0) is 18.5. The number of fused-ring (bicyclic) bond motifs is 1. The first kappa shape index (κ1) is 17.3. The number of aromatic nitrogens is 2. The van der Waals surface area contributed by atoms with Crippen molar-refractivity contribution in [2.75, 3.05) is 6.61 Å². The molecule has 7 nitrogen and oxygen atoms in total. The SMILES string of the molecule is C[C@@]1(O)C(O)C(CO)OC1n1ccc(-c2cc3ccccc3s2)nc1=O. The van der Waals surface area contributed by atoms with Crippen molar-refractivity contribution in [3.63, 3.8) is 0 Å². The van der Waals surface area contributed by atoms with Crippen molar-refractivity contribution < 1.29 is 20.1 Å². The maximum absolute atomic E-state index is 12.5. The molecule has 0 aliphatic carbocycles. The lowest BCUT2D eigenvalue weighted by molar-refractivity contribution is -0.0986. The van der Waals surface area contributed by atoms with Gasteiger partial charge in [-0.2, -0.15) is 4.98 Å². The number of aliphatic hydroxyl groups excluding tert-OH is 2. The topological polar surface area (TPSA) is 105 Å². The van der Waals surface area contributed by atoms with Crippen molar-refractivity contribution in [3.8, 4) is 10.6 Å². The molecule has 1 aromatic carbocycles. The fraction of sp³-hybridized carbons (Fsp3) is 0.333. The van der Waals surface area contributed by atoms with Crippen molar-refractivity contribution in [2.24, 2.45) is 0 Å². The zero-order valence-electron chi connectivity index (χ0n) is 13.9. The van der Waals surface area contributed by atoms with Crippen LogP contribution in [0.4, 0.5) is 0 Å². The molecule has 3 unspecified atom stereocenters. The maximum Gasteiger partial charge on any atom is 0.350 e. The van der Waals surface area contributed by atoms with Gasteiger partial charge in [-0.05, 0) is 30.5 Å². The van der Waals surface area contributed by atoms with Crippen LogP contribution in [0.25, 0.3) is 20.7 Å². The van der Waals surface area contributed by atoms with Crippen LogP contribution in [0.3, 0.4) is 0 Å². The lowest BCUT2D eigenvalue weighted by Gasteiger charge is -2.27. The minimum absolute atomic E-state index is 0.462. The summed E-state index contributed by atoms with van der Waals surface area (Å²) in [5, 5.41) is 30.9. The van der Waals surface area contributed by atoms with Crippen molar-refractivity contribution in [1.29, 1.82) is 0 Å². The van der Waals surface area contributed by atoms with Gasteiger partial charge in [0.1, 0.15) is 17.8 Å². The predicted molar refractivity (Wildman–Crippen MR) is 96.9 cm³/mol. The maximum atomic E-state index is 12.5. The van der Waals surface area contributed by atoms with E-state index in [1.165, 1.54) is 24.5 Å². The Kier molecular flexibility index (Phi) is 4.17. The van der Waals surface area contributed by atoms with Gasteiger partial charge >= 0.3 is 5.69 Å². The largest absolute Gasteiger partial charge is 0.394 e. The van der Waals surface area contributed by atoms with E-state index in [1.54, 1.807) is 6.07 Å². The van der Waals surface area contributed by atoms with E-state index < -0.39 is 36.3 Å². The van der Waals surface area contributed by atoms with E-state index in [-0.39, 0.29) is 0 Å². The quantitative estimate of drug-likeness (QED) is 0.635. The van der Waals surface area contributed by atoms with E-state index in [9.17, 15) is 20.1 Å². The molecule has 3 N–H and O–H groups in total. The molecule has 8 heteroatoms. The van der Waals surface area contributed by atoms with Crippen molar-refractivity contribution >= 4 is 21.4 Å². The van der Waals surface area contributed by atoms with Gasteiger partial charge in [-0.25, -0.2) is 4.79 Å². The lowest BCUT2D eigenvalue weighted by Crippen LogP contribution is -2.46. The summed E-state index contributed by atoms with van der Waals surface area (Å²) in [6.07, 6.45) is -1.93. The third kappa shape index (κ3) is 2.67. The molecule has 1 aliphatic heterocycles. The van der Waals surface area contributed by atoms with Gasteiger partial charge in [0, 0.05) is 10.9 Å². The van der Waals surface area contributed by atoms with Crippen molar-refractivity contribution in [2.45, 2.75) is 31.0 Å². The van der Waals surface area contributed by atoms with Crippen LogP contribution in [0.2, 0.25) is 0 Å². The van der Waals surface area contributed by atoms with Gasteiger partial charge in [-0.3, -0.25) is 4.57 Å². The molecule has 136 valence electrons. The summed E-state index contributed by atoms with van der Waals surface area (Å²) in [5.41, 5.74) is -1.79. The zero-order valence-corrected chi connectivity index (χ0v) is 14.8. The Morgan fingerprint density at radius 1 is 1.35 bits per heavy atom. The number of ether oxygens (including phenoxy) is 1. The van der Waals surface area contributed by atoms with E-state index in [1.807, 2.05) is 30.3 Å². The molecule has 4 rings (SSSR count). The van der Waals surface area contributed by atoms with Crippen LogP contribution in [0.15, 0.2) is 47.4 Å². The van der Waals surface area contributed by atoms with E-state index in [0.29, 0.717) is 5.69 Å². The molecule has 1 saturated heterocycles. The van der Waals surface area contributed by atoms with Crippen LogP contribution in [0, 0.1) is 0 Å². The van der Waals surface area contributed by atoms with Crippen LogP contribution < -0.4 is 5.69 Å². The molecule has 4 atom stereocenters. The highest BCUT2D eigenvalue weighted by Gasteiger charge is 2.53. The first-order valence-electron chi connectivity index (χ1n) is 8.16. The van der Waals surface area contributed by atoms with Crippen molar-refractivity contribution in [3.05, 3.63) is 53.1 Å². The van der Waals surface area contributed by atoms with E-state index in [0.717, 1.165) is 19.5 Å². The van der Waals surface area contributed by atoms with Gasteiger partial charge < -0.3 is 20.1 Å². The van der Waals surface area contributed by atoms with Crippen LogP contribution in [-0.4, -0.2) is 49.3 Å². The molecule has 26 heavy (non-hydrogen) atoms. The molecule has 3 heterocycles. The van der Waals surface area contributed by atoms with Gasteiger partial charge in [0.15, 0.2) is 6.23 Å². The molecule has 0 radical (unpaired) electrons. The van der Waals surface area contributed by atoms with Crippen molar-refractivity contribution in [1.82, 2.24) is 9.55 Å². The number of aliphatic hydroxyl groups is 3. The average molecular weight is 374 g/mol. The molecule has 3 aromatic rings. The number of benzene rings is 1. The Bertz CT molecular complexity index is 979. The third-order valence-corrected chi connectivity index (χ3v) is 5.83. The Hall–Kier alpha value is -2.10. The van der Waals surface area contributed by atoms with Crippen LogP contribution >= 0.6 is 11.3 Å². The summed E-state index contributed by atoms with van der Waals surface area (Å²) in [6.45, 7) is 0.903. The van der Waals surface area contributed by atoms with Gasteiger partial charge in [-0.1, -0.05) is 18.2 Å². The standard InChI is InChI=1S/C18H18N2O5S/c1-18(24)15(22)12(9-21)25-16(18)20-7-6-11(19-17(20)23)14-8-10-4-2-3-5-13(10)26-14/h2-8,12,15-16,21-22,24H,9H2,1H3/t12?,15?,16?,18-/m1/s1. The molecule has 1 fully saturated rings. The summed E-state index contributed by atoms with van der Waals surface area (Å²) in [5.74, 6) is 0. The molecular formula is C18H18N2O5S.